The predicted octanol–water partition coefficient (Wildman–Crippen LogP) is 5.09. The van der Waals surface area contributed by atoms with Crippen LogP contribution in [-0.4, -0.2) is 39.4 Å². The van der Waals surface area contributed by atoms with Crippen LogP contribution < -0.4 is 0 Å². The average molecular weight is 402 g/mol. The highest BCUT2D eigenvalue weighted by Gasteiger charge is 2.25. The van der Waals surface area contributed by atoms with Gasteiger partial charge in [-0.3, -0.25) is 4.79 Å². The number of carbonyl (C=O) groups excluding carboxylic acids is 1. The number of carboxylic acids is 1. The largest absolute Gasteiger partial charge is 0.480 e. The van der Waals surface area contributed by atoms with Crippen LogP contribution in [0.4, 0.5) is 0 Å². The molecule has 5 nitrogen and oxygen atoms in total. The van der Waals surface area contributed by atoms with Crippen LogP contribution in [0.25, 0.3) is 0 Å². The van der Waals surface area contributed by atoms with Gasteiger partial charge in [-0.2, -0.15) is 0 Å². The van der Waals surface area contributed by atoms with E-state index < -0.39 is 18.6 Å². The molecule has 1 amide bonds. The van der Waals surface area contributed by atoms with Gasteiger partial charge in [0.15, 0.2) is 6.04 Å². The van der Waals surface area contributed by atoms with E-state index in [1.807, 2.05) is 0 Å². The van der Waals surface area contributed by atoms with Gasteiger partial charge in [0.05, 0.1) is 6.61 Å². The van der Waals surface area contributed by atoms with Gasteiger partial charge in [-0.05, 0) is 41.5 Å². The highest BCUT2D eigenvalue weighted by Crippen LogP contribution is 2.14. The third-order valence-corrected chi connectivity index (χ3v) is 5.38. The third-order valence-electron chi connectivity index (χ3n) is 4.73. The number of rotatable bonds is 18. The second kappa shape index (κ2) is 18.4. The van der Waals surface area contributed by atoms with E-state index in [0.29, 0.717) is 6.42 Å². The van der Waals surface area contributed by atoms with Crippen molar-refractivity contribution in [1.82, 2.24) is 4.67 Å². The Morgan fingerprint density at radius 1 is 0.889 bits per heavy atom. The standard InChI is InChI=1S/C21H40NO4P/c1-2-3-4-5-6-7-8-9-10-11-12-13-14-15-16-17-20(24)22(27)19(18-23)21(25)26/h9-10,19,23H,2-8,11-18,27H2,1H3,(H,25,26). The van der Waals surface area contributed by atoms with Gasteiger partial charge in [-0.1, -0.05) is 70.4 Å². The minimum Gasteiger partial charge on any atom is -0.480 e. The molecule has 158 valence electrons. The van der Waals surface area contributed by atoms with Crippen LogP contribution in [0.15, 0.2) is 12.2 Å². The highest BCUT2D eigenvalue weighted by molar-refractivity contribution is 7.14. The SMILES string of the molecule is CCCCCCCCC=CCCCCCCCC(=O)N(P)C(CO)C(=O)O. The minimum absolute atomic E-state index is 0.251. The Morgan fingerprint density at radius 3 is 1.85 bits per heavy atom. The lowest BCUT2D eigenvalue weighted by Gasteiger charge is -2.22. The molecule has 0 aliphatic rings. The Balaban J connectivity index is 3.50. The van der Waals surface area contributed by atoms with Gasteiger partial charge in [-0.15, -0.1) is 0 Å². The Hall–Kier alpha value is -0.930. The Bertz CT molecular complexity index is 415. The number of aliphatic hydroxyl groups excluding tert-OH is 1. The van der Waals surface area contributed by atoms with Crippen molar-refractivity contribution in [3.63, 3.8) is 0 Å². The number of aliphatic carboxylic acids is 1. The first-order chi connectivity index (χ1) is 13.0. The number of hydrogen-bond acceptors (Lipinski definition) is 3. The topological polar surface area (TPSA) is 77.8 Å². The van der Waals surface area contributed by atoms with Crippen LogP contribution in [0, 0.1) is 0 Å². The van der Waals surface area contributed by atoms with Crippen molar-refractivity contribution in [2.45, 2.75) is 103 Å². The lowest BCUT2D eigenvalue weighted by Crippen LogP contribution is -2.41. The first kappa shape index (κ1) is 26.1. The first-order valence-electron chi connectivity index (χ1n) is 10.6. The molecule has 0 fully saturated rings. The molecular formula is C21H40NO4P. The van der Waals surface area contributed by atoms with Gasteiger partial charge in [0, 0.05) is 6.42 Å². The summed E-state index contributed by atoms with van der Waals surface area (Å²) in [6.45, 7) is 1.67. The van der Waals surface area contributed by atoms with E-state index in [9.17, 15) is 9.59 Å². The summed E-state index contributed by atoms with van der Waals surface area (Å²) in [7, 11) is 2.11. The number of aliphatic hydroxyl groups is 1. The van der Waals surface area contributed by atoms with E-state index in [4.69, 9.17) is 10.2 Å². The van der Waals surface area contributed by atoms with Crippen LogP contribution in [0.5, 0.6) is 0 Å². The second-order valence-electron chi connectivity index (χ2n) is 7.17. The Kier molecular flexibility index (Phi) is 17.8. The molecule has 27 heavy (non-hydrogen) atoms. The fourth-order valence-electron chi connectivity index (χ4n) is 2.93. The molecule has 0 aromatic carbocycles. The predicted molar refractivity (Wildman–Crippen MR) is 115 cm³/mol. The van der Waals surface area contributed by atoms with E-state index >= 15 is 0 Å². The molecule has 2 unspecified atom stereocenters. The summed E-state index contributed by atoms with van der Waals surface area (Å²) in [4.78, 5) is 22.8. The molecule has 2 atom stereocenters. The summed E-state index contributed by atoms with van der Waals surface area (Å²) < 4.78 is 1.05. The Labute approximate surface area is 167 Å². The van der Waals surface area contributed by atoms with E-state index in [1.165, 1.54) is 51.4 Å². The molecule has 0 heterocycles. The molecule has 0 aliphatic heterocycles. The summed E-state index contributed by atoms with van der Waals surface area (Å²) in [5.41, 5.74) is 0. The summed E-state index contributed by atoms with van der Waals surface area (Å²) in [6.07, 6.45) is 20.5. The number of hydrogen-bond donors (Lipinski definition) is 2. The maximum atomic E-state index is 11.9. The van der Waals surface area contributed by atoms with Crippen molar-refractivity contribution in [3.8, 4) is 0 Å². The minimum atomic E-state index is -1.19. The van der Waals surface area contributed by atoms with E-state index in [1.54, 1.807) is 0 Å². The van der Waals surface area contributed by atoms with E-state index in [-0.39, 0.29) is 5.91 Å². The molecule has 0 bridgehead atoms. The summed E-state index contributed by atoms with van der Waals surface area (Å²) >= 11 is 0. The van der Waals surface area contributed by atoms with Crippen molar-refractivity contribution in [1.29, 1.82) is 0 Å². The molecule has 0 spiro atoms. The smallest absolute Gasteiger partial charge is 0.329 e. The monoisotopic (exact) mass is 401 g/mol. The van der Waals surface area contributed by atoms with Gasteiger partial charge in [0.2, 0.25) is 5.91 Å². The normalized spacial score (nSPS) is 12.4. The second-order valence-corrected chi connectivity index (χ2v) is 7.73. The van der Waals surface area contributed by atoms with Crippen molar-refractivity contribution < 1.29 is 19.8 Å². The highest BCUT2D eigenvalue weighted by atomic mass is 31.0. The van der Waals surface area contributed by atoms with Crippen molar-refractivity contribution >= 4 is 21.3 Å². The Morgan fingerprint density at radius 2 is 1.37 bits per heavy atom. The fraction of sp³-hybridized carbons (Fsp3) is 0.810. The lowest BCUT2D eigenvalue weighted by molar-refractivity contribution is -0.147. The zero-order chi connectivity index (χ0) is 20.3. The maximum Gasteiger partial charge on any atom is 0.329 e. The van der Waals surface area contributed by atoms with Crippen LogP contribution in [0.3, 0.4) is 0 Å². The van der Waals surface area contributed by atoms with E-state index in [0.717, 1.165) is 36.8 Å². The lowest BCUT2D eigenvalue weighted by atomic mass is 10.1. The molecule has 0 radical (unpaired) electrons. The molecule has 6 heteroatoms. The maximum absolute atomic E-state index is 11.9. The van der Waals surface area contributed by atoms with Crippen molar-refractivity contribution in [2.75, 3.05) is 6.61 Å². The van der Waals surface area contributed by atoms with Gasteiger partial charge in [-0.25, -0.2) is 4.79 Å². The number of amides is 1. The molecule has 0 aliphatic carbocycles. The molecule has 0 saturated heterocycles. The van der Waals surface area contributed by atoms with Crippen molar-refractivity contribution in [3.05, 3.63) is 12.2 Å². The summed E-state index contributed by atoms with van der Waals surface area (Å²) in [6, 6.07) is -1.18. The fourth-order valence-corrected chi connectivity index (χ4v) is 3.29. The number of carboxylic acid groups (broad SMARTS) is 1. The zero-order valence-electron chi connectivity index (χ0n) is 17.1. The summed E-state index contributed by atoms with van der Waals surface area (Å²) in [5, 5.41) is 17.9. The number of unbranched alkanes of at least 4 members (excludes halogenated alkanes) is 11. The quantitative estimate of drug-likeness (QED) is 0.191. The molecule has 0 aromatic heterocycles. The number of allylic oxidation sites excluding steroid dienone is 2. The average Bonchev–Trinajstić information content (AvgIpc) is 2.64. The van der Waals surface area contributed by atoms with E-state index in [2.05, 4.69) is 28.5 Å². The van der Waals surface area contributed by atoms with Crippen molar-refractivity contribution in [2.24, 2.45) is 0 Å². The molecule has 0 aromatic rings. The molecular weight excluding hydrogens is 361 g/mol. The van der Waals surface area contributed by atoms with Gasteiger partial charge in [0.25, 0.3) is 0 Å². The number of carbonyl (C=O) groups is 2. The number of nitrogens with zero attached hydrogens (tertiary/aromatic N) is 1. The summed E-state index contributed by atoms with van der Waals surface area (Å²) in [5.74, 6) is -1.44. The van der Waals surface area contributed by atoms with Crippen LogP contribution in [0.1, 0.15) is 96.8 Å². The first-order valence-corrected chi connectivity index (χ1v) is 11.1. The third kappa shape index (κ3) is 14.8. The van der Waals surface area contributed by atoms with Gasteiger partial charge in [0.1, 0.15) is 0 Å². The van der Waals surface area contributed by atoms with Crippen LogP contribution >= 0.6 is 9.39 Å². The van der Waals surface area contributed by atoms with Gasteiger partial charge < -0.3 is 14.9 Å². The van der Waals surface area contributed by atoms with Crippen LogP contribution in [-0.2, 0) is 9.59 Å². The zero-order valence-corrected chi connectivity index (χ0v) is 18.2. The van der Waals surface area contributed by atoms with Crippen LogP contribution in [0.2, 0.25) is 0 Å². The molecule has 0 saturated carbocycles. The molecule has 2 N–H and O–H groups in total. The van der Waals surface area contributed by atoms with Gasteiger partial charge >= 0.3 is 5.97 Å². The molecule has 0 rings (SSSR count).